The van der Waals surface area contributed by atoms with Crippen LogP contribution in [0.1, 0.15) is 53.4 Å². The Morgan fingerprint density at radius 2 is 1.76 bits per heavy atom. The molecule has 1 saturated carbocycles. The van der Waals surface area contributed by atoms with Crippen LogP contribution in [0.5, 0.6) is 0 Å². The number of hydrogen-bond donors (Lipinski definition) is 1. The van der Waals surface area contributed by atoms with Crippen molar-refractivity contribution in [2.24, 2.45) is 5.92 Å². The summed E-state index contributed by atoms with van der Waals surface area (Å²) < 4.78 is 5.21. The minimum atomic E-state index is -0.496. The molecule has 0 aliphatic heterocycles. The van der Waals surface area contributed by atoms with Gasteiger partial charge in [0.2, 0.25) is 0 Å². The maximum atomic E-state index is 11.7. The van der Waals surface area contributed by atoms with Gasteiger partial charge in [-0.15, -0.1) is 0 Å². The van der Waals surface area contributed by atoms with Gasteiger partial charge in [0.1, 0.15) is 11.4 Å². The second-order valence-electron chi connectivity index (χ2n) is 5.75. The highest BCUT2D eigenvalue weighted by Gasteiger charge is 2.30. The van der Waals surface area contributed by atoms with Crippen LogP contribution in [0.3, 0.4) is 0 Å². The summed E-state index contributed by atoms with van der Waals surface area (Å²) in [6, 6.07) is -0.0592. The van der Waals surface area contributed by atoms with E-state index in [9.17, 15) is 9.59 Å². The maximum Gasteiger partial charge on any atom is 0.407 e. The van der Waals surface area contributed by atoms with Crippen molar-refractivity contribution in [2.45, 2.75) is 65.0 Å². The van der Waals surface area contributed by atoms with Crippen molar-refractivity contribution < 1.29 is 14.3 Å². The van der Waals surface area contributed by atoms with E-state index in [2.05, 4.69) is 5.32 Å². The average Bonchev–Trinajstić information content (AvgIpc) is 2.14. The first-order valence-corrected chi connectivity index (χ1v) is 6.29. The number of ether oxygens (including phenoxy) is 1. The largest absolute Gasteiger partial charge is 0.444 e. The summed E-state index contributed by atoms with van der Waals surface area (Å²) in [7, 11) is 0. The van der Waals surface area contributed by atoms with E-state index in [1.54, 1.807) is 6.92 Å². The lowest BCUT2D eigenvalue weighted by atomic mass is 9.82. The number of ketones is 1. The van der Waals surface area contributed by atoms with Crippen molar-refractivity contribution >= 4 is 11.9 Å². The number of alkyl carbamates (subject to hydrolysis) is 1. The third-order valence-electron chi connectivity index (χ3n) is 2.99. The molecule has 4 nitrogen and oxygen atoms in total. The number of hydrogen-bond acceptors (Lipinski definition) is 3. The smallest absolute Gasteiger partial charge is 0.407 e. The molecule has 1 fully saturated rings. The maximum absolute atomic E-state index is 11.7. The molecule has 1 rings (SSSR count). The topological polar surface area (TPSA) is 55.4 Å². The lowest BCUT2D eigenvalue weighted by Gasteiger charge is -2.31. The normalized spacial score (nSPS) is 25.2. The Labute approximate surface area is 103 Å². The van der Waals surface area contributed by atoms with Gasteiger partial charge < -0.3 is 10.1 Å². The summed E-state index contributed by atoms with van der Waals surface area (Å²) in [4.78, 5) is 23.1. The second kappa shape index (κ2) is 5.52. The van der Waals surface area contributed by atoms with Crippen LogP contribution in [0.4, 0.5) is 4.79 Å². The highest BCUT2D eigenvalue weighted by Crippen LogP contribution is 2.25. The molecule has 0 bridgehead atoms. The first-order chi connectivity index (χ1) is 7.79. The molecule has 98 valence electrons. The van der Waals surface area contributed by atoms with Crippen LogP contribution in [0.15, 0.2) is 0 Å². The molecule has 0 aromatic heterocycles. The fourth-order valence-corrected chi connectivity index (χ4v) is 2.25. The van der Waals surface area contributed by atoms with Gasteiger partial charge in [-0.1, -0.05) is 12.8 Å². The third-order valence-corrected chi connectivity index (χ3v) is 2.99. The van der Waals surface area contributed by atoms with E-state index in [4.69, 9.17) is 4.74 Å². The highest BCUT2D eigenvalue weighted by atomic mass is 16.6. The Kier molecular flexibility index (Phi) is 4.54. The summed E-state index contributed by atoms with van der Waals surface area (Å²) in [5.41, 5.74) is -0.496. The summed E-state index contributed by atoms with van der Waals surface area (Å²) >= 11 is 0. The predicted molar refractivity (Wildman–Crippen MR) is 65.8 cm³/mol. The van der Waals surface area contributed by atoms with E-state index in [0.717, 1.165) is 25.7 Å². The molecule has 0 heterocycles. The summed E-state index contributed by atoms with van der Waals surface area (Å²) in [5.74, 6) is 0.113. The van der Waals surface area contributed by atoms with Crippen molar-refractivity contribution in [3.05, 3.63) is 0 Å². The van der Waals surface area contributed by atoms with Gasteiger partial charge in [0.05, 0.1) is 0 Å². The van der Waals surface area contributed by atoms with E-state index in [1.165, 1.54) is 0 Å². The lowest BCUT2D eigenvalue weighted by molar-refractivity contribution is -0.122. The molecule has 1 N–H and O–H groups in total. The fourth-order valence-electron chi connectivity index (χ4n) is 2.25. The van der Waals surface area contributed by atoms with Crippen molar-refractivity contribution in [3.8, 4) is 0 Å². The van der Waals surface area contributed by atoms with E-state index >= 15 is 0 Å². The van der Waals surface area contributed by atoms with Crippen LogP contribution in [-0.4, -0.2) is 23.5 Å². The molecule has 1 aliphatic rings. The van der Waals surface area contributed by atoms with Crippen LogP contribution < -0.4 is 5.32 Å². The summed E-state index contributed by atoms with van der Waals surface area (Å²) in [6.07, 6.45) is 3.44. The Bertz CT molecular complexity index is 294. The van der Waals surface area contributed by atoms with Crippen LogP contribution in [-0.2, 0) is 9.53 Å². The van der Waals surface area contributed by atoms with Gasteiger partial charge in [-0.25, -0.2) is 4.79 Å². The average molecular weight is 241 g/mol. The van der Waals surface area contributed by atoms with Gasteiger partial charge in [0.25, 0.3) is 0 Å². The number of nitrogens with one attached hydrogen (secondary N) is 1. The van der Waals surface area contributed by atoms with Gasteiger partial charge in [-0.05, 0) is 40.5 Å². The molecule has 1 aliphatic carbocycles. The second-order valence-corrected chi connectivity index (χ2v) is 5.75. The number of carbonyl (C=O) groups excluding carboxylic acids is 2. The van der Waals surface area contributed by atoms with Gasteiger partial charge >= 0.3 is 6.09 Å². The van der Waals surface area contributed by atoms with Crippen LogP contribution >= 0.6 is 0 Å². The number of amides is 1. The zero-order valence-electron chi connectivity index (χ0n) is 11.2. The first kappa shape index (κ1) is 14.0. The van der Waals surface area contributed by atoms with E-state index < -0.39 is 11.7 Å². The number of Topliss-reactive ketones (excluding diaryl/α,β-unsaturated/α-hetero) is 1. The standard InChI is InChI=1S/C13H23NO3/c1-9(15)10-7-5-6-8-11(10)14-12(16)17-13(2,3)4/h10-11H,5-8H2,1-4H3,(H,14,16). The monoisotopic (exact) mass is 241 g/mol. The van der Waals surface area contributed by atoms with E-state index in [0.29, 0.717) is 0 Å². The molecule has 2 unspecified atom stereocenters. The van der Waals surface area contributed by atoms with Crippen LogP contribution in [0.2, 0.25) is 0 Å². The zero-order chi connectivity index (χ0) is 13.1. The molecule has 0 aromatic carbocycles. The SMILES string of the molecule is CC(=O)C1CCCCC1NC(=O)OC(C)(C)C. The zero-order valence-corrected chi connectivity index (χ0v) is 11.2. The van der Waals surface area contributed by atoms with Crippen LogP contribution in [0.25, 0.3) is 0 Å². The van der Waals surface area contributed by atoms with Crippen molar-refractivity contribution in [1.82, 2.24) is 5.32 Å². The van der Waals surface area contributed by atoms with Crippen LogP contribution in [0, 0.1) is 5.92 Å². The molecule has 4 heteroatoms. The Morgan fingerprint density at radius 3 is 2.29 bits per heavy atom. The lowest BCUT2D eigenvalue weighted by Crippen LogP contribution is -2.46. The molecule has 1 amide bonds. The Hall–Kier alpha value is -1.06. The molecule has 0 spiro atoms. The number of carbonyl (C=O) groups is 2. The summed E-state index contributed by atoms with van der Waals surface area (Å²) in [5, 5.41) is 2.82. The Balaban J connectivity index is 2.53. The first-order valence-electron chi connectivity index (χ1n) is 6.29. The molecular weight excluding hydrogens is 218 g/mol. The Morgan fingerprint density at radius 1 is 1.18 bits per heavy atom. The molecule has 0 saturated heterocycles. The van der Waals surface area contributed by atoms with Crippen molar-refractivity contribution in [3.63, 3.8) is 0 Å². The minimum absolute atomic E-state index is 0.0451. The fraction of sp³-hybridized carbons (Fsp3) is 0.846. The molecular formula is C13H23NO3. The van der Waals surface area contributed by atoms with E-state index in [1.807, 2.05) is 20.8 Å². The number of rotatable bonds is 2. The quantitative estimate of drug-likeness (QED) is 0.808. The molecule has 0 radical (unpaired) electrons. The van der Waals surface area contributed by atoms with Gasteiger partial charge in [0, 0.05) is 12.0 Å². The van der Waals surface area contributed by atoms with Gasteiger partial charge in [-0.3, -0.25) is 4.79 Å². The highest BCUT2D eigenvalue weighted by molar-refractivity contribution is 5.80. The third kappa shape index (κ3) is 4.75. The summed E-state index contributed by atoms with van der Waals surface area (Å²) in [6.45, 7) is 7.08. The minimum Gasteiger partial charge on any atom is -0.444 e. The van der Waals surface area contributed by atoms with E-state index in [-0.39, 0.29) is 17.7 Å². The van der Waals surface area contributed by atoms with Gasteiger partial charge in [-0.2, -0.15) is 0 Å². The molecule has 0 aromatic rings. The van der Waals surface area contributed by atoms with Crippen molar-refractivity contribution in [2.75, 3.05) is 0 Å². The van der Waals surface area contributed by atoms with Gasteiger partial charge in [0.15, 0.2) is 0 Å². The predicted octanol–water partition coefficient (Wildman–Crippen LogP) is 2.66. The molecule has 2 atom stereocenters. The van der Waals surface area contributed by atoms with Crippen molar-refractivity contribution in [1.29, 1.82) is 0 Å². The molecule has 17 heavy (non-hydrogen) atoms.